The van der Waals surface area contributed by atoms with Crippen molar-refractivity contribution in [3.63, 3.8) is 0 Å². The van der Waals surface area contributed by atoms with Gasteiger partial charge in [-0.2, -0.15) is 13.2 Å². The van der Waals surface area contributed by atoms with E-state index in [0.717, 1.165) is 29.4 Å². The van der Waals surface area contributed by atoms with Crippen molar-refractivity contribution in [1.82, 2.24) is 9.88 Å². The number of rotatable bonds is 10. The summed E-state index contributed by atoms with van der Waals surface area (Å²) >= 11 is 12.1. The zero-order valence-corrected chi connectivity index (χ0v) is 22.3. The third-order valence-corrected chi connectivity index (χ3v) is 7.02. The van der Waals surface area contributed by atoms with Crippen molar-refractivity contribution in [2.45, 2.75) is 44.4 Å². The summed E-state index contributed by atoms with van der Waals surface area (Å²) in [6.45, 7) is -1.16. The predicted octanol–water partition coefficient (Wildman–Crippen LogP) is 5.65. The Kier molecular flexibility index (Phi) is 10.4. The fraction of sp³-hybridized carbons (Fsp3) is 0.385. The summed E-state index contributed by atoms with van der Waals surface area (Å²) in [5, 5.41) is 16.6. The average Bonchev–Trinajstić information content (AvgIpc) is 2.89. The van der Waals surface area contributed by atoms with Crippen LogP contribution < -0.4 is 0 Å². The maximum Gasteiger partial charge on any atom is 0.430 e. The molecule has 8 nitrogen and oxygen atoms in total. The minimum atomic E-state index is -5.11. The number of aromatic nitrogens is 1. The van der Waals surface area contributed by atoms with Gasteiger partial charge in [0.25, 0.3) is 0 Å². The molecule has 1 amide bonds. The van der Waals surface area contributed by atoms with Crippen LogP contribution in [0, 0.1) is 23.1 Å². The van der Waals surface area contributed by atoms with Crippen molar-refractivity contribution >= 4 is 52.8 Å². The van der Waals surface area contributed by atoms with E-state index in [4.69, 9.17) is 33.7 Å². The number of hydrogen-bond donors (Lipinski definition) is 2. The second-order valence-electron chi connectivity index (χ2n) is 9.22. The molecule has 1 aromatic heterocycles. The van der Waals surface area contributed by atoms with Gasteiger partial charge in [-0.15, -0.1) is 0 Å². The molecule has 0 saturated heterocycles. The highest BCUT2D eigenvalue weighted by Gasteiger charge is 2.45. The SMILES string of the molecule is N=CC(C(=O)N(CC(=O)c1c(Cl)cncc1Cl)Cc1ccc(F)cc1)C(=NC1CCC(C(=O)O)CC1)C(F)(F)F. The molecule has 1 aromatic carbocycles. The van der Waals surface area contributed by atoms with Gasteiger partial charge in [-0.25, -0.2) is 4.39 Å². The molecule has 1 aliphatic carbocycles. The van der Waals surface area contributed by atoms with Gasteiger partial charge in [0.05, 0.1) is 34.1 Å². The molecule has 1 aliphatic rings. The van der Waals surface area contributed by atoms with Crippen LogP contribution in [0.1, 0.15) is 41.6 Å². The van der Waals surface area contributed by atoms with E-state index in [1.165, 1.54) is 12.1 Å². The van der Waals surface area contributed by atoms with Gasteiger partial charge < -0.3 is 15.4 Å². The van der Waals surface area contributed by atoms with Gasteiger partial charge in [0.15, 0.2) is 5.78 Å². The Labute approximate surface area is 236 Å². The summed E-state index contributed by atoms with van der Waals surface area (Å²) in [5.74, 6) is -6.56. The second-order valence-corrected chi connectivity index (χ2v) is 10.0. The number of carbonyl (C=O) groups excluding carboxylic acids is 2. The Balaban J connectivity index is 1.96. The number of ketones is 1. The van der Waals surface area contributed by atoms with E-state index in [0.29, 0.717) is 11.8 Å². The molecule has 0 aliphatic heterocycles. The van der Waals surface area contributed by atoms with Crippen LogP contribution in [0.25, 0.3) is 0 Å². The highest BCUT2D eigenvalue weighted by Crippen LogP contribution is 2.31. The molecule has 1 heterocycles. The zero-order chi connectivity index (χ0) is 29.6. The normalized spacial score (nSPS) is 18.6. The number of benzene rings is 1. The van der Waals surface area contributed by atoms with E-state index >= 15 is 0 Å². The highest BCUT2D eigenvalue weighted by molar-refractivity contribution is 6.39. The van der Waals surface area contributed by atoms with Crippen LogP contribution in [0.3, 0.4) is 0 Å². The van der Waals surface area contributed by atoms with E-state index in [-0.39, 0.29) is 41.3 Å². The fourth-order valence-electron chi connectivity index (χ4n) is 4.39. The fourth-order valence-corrected chi connectivity index (χ4v) is 4.97. The Hall–Kier alpha value is -3.38. The topological polar surface area (TPSA) is 124 Å². The zero-order valence-electron chi connectivity index (χ0n) is 20.8. The van der Waals surface area contributed by atoms with Gasteiger partial charge in [0.2, 0.25) is 5.91 Å². The number of hydrogen-bond acceptors (Lipinski definition) is 6. The Bertz CT molecular complexity index is 1280. The molecule has 2 aromatic rings. The van der Waals surface area contributed by atoms with E-state index in [2.05, 4.69) is 9.98 Å². The molecule has 1 atom stereocenters. The minimum Gasteiger partial charge on any atom is -0.481 e. The summed E-state index contributed by atoms with van der Waals surface area (Å²) in [6.07, 6.45) is -2.16. The number of pyridine rings is 1. The molecule has 0 spiro atoms. The first kappa shape index (κ1) is 31.2. The number of Topliss-reactive ketones (excluding diaryl/α,β-unsaturated/α-hetero) is 1. The molecular formula is C26H24Cl2F4N4O4. The monoisotopic (exact) mass is 602 g/mol. The molecule has 14 heteroatoms. The lowest BCUT2D eigenvalue weighted by Gasteiger charge is -2.29. The summed E-state index contributed by atoms with van der Waals surface area (Å²) in [5.41, 5.74) is -1.42. The molecule has 40 heavy (non-hydrogen) atoms. The molecule has 3 rings (SSSR count). The lowest BCUT2D eigenvalue weighted by atomic mass is 9.86. The third-order valence-electron chi connectivity index (χ3n) is 6.45. The number of carboxylic acids is 1. The molecule has 1 fully saturated rings. The van der Waals surface area contributed by atoms with Crippen LogP contribution in [0.5, 0.6) is 0 Å². The third kappa shape index (κ3) is 7.85. The van der Waals surface area contributed by atoms with Crippen LogP contribution in [-0.4, -0.2) is 63.3 Å². The average molecular weight is 603 g/mol. The second kappa shape index (κ2) is 13.3. The lowest BCUT2D eigenvalue weighted by Crippen LogP contribution is -2.46. The first-order chi connectivity index (χ1) is 18.8. The van der Waals surface area contributed by atoms with Crippen LogP contribution >= 0.6 is 23.2 Å². The van der Waals surface area contributed by atoms with Gasteiger partial charge in [-0.1, -0.05) is 35.3 Å². The maximum absolute atomic E-state index is 14.2. The van der Waals surface area contributed by atoms with Crippen molar-refractivity contribution in [2.24, 2.45) is 16.8 Å². The quantitative estimate of drug-likeness (QED) is 0.206. The molecular weight excluding hydrogens is 579 g/mol. The van der Waals surface area contributed by atoms with Gasteiger partial charge in [0, 0.05) is 25.2 Å². The van der Waals surface area contributed by atoms with Gasteiger partial charge in [-0.05, 0) is 43.4 Å². The molecule has 0 radical (unpaired) electrons. The lowest BCUT2D eigenvalue weighted by molar-refractivity contribution is -0.142. The maximum atomic E-state index is 14.2. The van der Waals surface area contributed by atoms with Crippen LogP contribution in [0.2, 0.25) is 10.0 Å². The van der Waals surface area contributed by atoms with Crippen molar-refractivity contribution in [1.29, 1.82) is 5.41 Å². The molecule has 1 saturated carbocycles. The first-order valence-corrected chi connectivity index (χ1v) is 12.8. The number of nitrogens with one attached hydrogen (secondary N) is 1. The van der Waals surface area contributed by atoms with Crippen molar-refractivity contribution in [3.8, 4) is 0 Å². The highest BCUT2D eigenvalue weighted by atomic mass is 35.5. The van der Waals surface area contributed by atoms with Crippen LogP contribution in [0.15, 0.2) is 41.7 Å². The number of aliphatic carboxylic acids is 1. The number of alkyl halides is 3. The van der Waals surface area contributed by atoms with E-state index in [1.807, 2.05) is 0 Å². The molecule has 1 unspecified atom stereocenters. The Morgan fingerprint density at radius 1 is 1.10 bits per heavy atom. The van der Waals surface area contributed by atoms with Crippen molar-refractivity contribution < 1.29 is 37.1 Å². The Morgan fingerprint density at radius 2 is 1.68 bits per heavy atom. The number of amides is 1. The van der Waals surface area contributed by atoms with Crippen molar-refractivity contribution in [2.75, 3.05) is 6.54 Å². The van der Waals surface area contributed by atoms with Crippen molar-refractivity contribution in [3.05, 3.63) is 63.6 Å². The van der Waals surface area contributed by atoms with E-state index in [9.17, 15) is 31.9 Å². The molecule has 214 valence electrons. The van der Waals surface area contributed by atoms with Crippen LogP contribution in [-0.2, 0) is 16.1 Å². The van der Waals surface area contributed by atoms with Gasteiger partial charge in [-0.3, -0.25) is 24.4 Å². The van der Waals surface area contributed by atoms with E-state index < -0.39 is 66.3 Å². The predicted molar refractivity (Wildman–Crippen MR) is 140 cm³/mol. The van der Waals surface area contributed by atoms with Gasteiger partial charge in [0.1, 0.15) is 17.4 Å². The largest absolute Gasteiger partial charge is 0.481 e. The molecule has 2 N–H and O–H groups in total. The van der Waals surface area contributed by atoms with E-state index in [1.54, 1.807) is 0 Å². The number of nitrogens with zero attached hydrogens (tertiary/aromatic N) is 3. The number of aliphatic imine (C=N–C) groups is 1. The Morgan fingerprint density at radius 3 is 2.17 bits per heavy atom. The first-order valence-electron chi connectivity index (χ1n) is 12.1. The standard InChI is InChI=1S/C26H24Cl2F4N4O4/c27-19-10-34-11-20(28)22(19)21(37)13-36(12-14-1-5-16(29)6-2-14)24(38)18(9-33)23(26(30,31)32)35-17-7-3-15(4-8-17)25(39)40/h1-2,5-6,9-11,15,17-18,33H,3-4,7-8,12-13H2,(H,39,40). The molecule has 0 bridgehead atoms. The number of halogens is 6. The smallest absolute Gasteiger partial charge is 0.430 e. The van der Waals surface area contributed by atoms with Crippen LogP contribution in [0.4, 0.5) is 17.6 Å². The number of carbonyl (C=O) groups is 3. The minimum absolute atomic E-state index is 0.0618. The summed E-state index contributed by atoms with van der Waals surface area (Å²) in [4.78, 5) is 46.2. The summed E-state index contributed by atoms with van der Waals surface area (Å²) in [6, 6.07) is 3.86. The number of carboxylic acid groups (broad SMARTS) is 1. The summed E-state index contributed by atoms with van der Waals surface area (Å²) < 4.78 is 56.0. The summed E-state index contributed by atoms with van der Waals surface area (Å²) in [7, 11) is 0. The van der Waals surface area contributed by atoms with Gasteiger partial charge >= 0.3 is 12.1 Å².